The second-order valence-corrected chi connectivity index (χ2v) is 8.12. The van der Waals surface area contributed by atoms with Crippen molar-refractivity contribution in [3.05, 3.63) is 64.9 Å². The largest absolute Gasteiger partial charge is 0.395 e. The molecule has 0 spiro atoms. The third kappa shape index (κ3) is 6.74. The molecule has 0 radical (unpaired) electrons. The highest BCUT2D eigenvalue weighted by Gasteiger charge is 2.46. The van der Waals surface area contributed by atoms with Gasteiger partial charge in [0.2, 0.25) is 0 Å². The molecule has 1 aliphatic carbocycles. The number of ketones is 1. The van der Waals surface area contributed by atoms with E-state index in [-0.39, 0.29) is 38.3 Å². The first kappa shape index (κ1) is 27.2. The monoisotopic (exact) mass is 496 g/mol. The van der Waals surface area contributed by atoms with Crippen molar-refractivity contribution in [3.63, 3.8) is 0 Å². The number of rotatable bonds is 9. The number of hydrogen-bond donors (Lipinski definition) is 2. The zero-order valence-corrected chi connectivity index (χ0v) is 20.6. The summed E-state index contributed by atoms with van der Waals surface area (Å²) in [6.45, 7) is 0.538. The van der Waals surface area contributed by atoms with Gasteiger partial charge < -0.3 is 15.2 Å². The van der Waals surface area contributed by atoms with Crippen LogP contribution in [-0.4, -0.2) is 55.0 Å². The van der Waals surface area contributed by atoms with Crippen LogP contribution in [0, 0.1) is 0 Å². The molecule has 2 aromatic rings. The van der Waals surface area contributed by atoms with E-state index in [0.717, 1.165) is 18.4 Å². The number of halogens is 2. The fraction of sp³-hybridized carbons (Fsp3) is 0.458. The van der Waals surface area contributed by atoms with Gasteiger partial charge in [-0.15, -0.1) is 11.6 Å². The summed E-state index contributed by atoms with van der Waals surface area (Å²) in [4.78, 5) is 27.1. The van der Waals surface area contributed by atoms with Crippen molar-refractivity contribution in [1.29, 1.82) is 0 Å². The summed E-state index contributed by atoms with van der Waals surface area (Å²) < 4.78 is 7.66. The van der Waals surface area contributed by atoms with Gasteiger partial charge in [-0.05, 0) is 37.6 Å². The van der Waals surface area contributed by atoms with Gasteiger partial charge in [0, 0.05) is 30.4 Å². The molecular formula is C24H32Cl2N3O4+. The van der Waals surface area contributed by atoms with Crippen molar-refractivity contribution >= 4 is 34.9 Å². The van der Waals surface area contributed by atoms with Crippen LogP contribution < -0.4 is 9.88 Å². The Morgan fingerprint density at radius 1 is 1.24 bits per heavy atom. The van der Waals surface area contributed by atoms with E-state index in [0.29, 0.717) is 23.4 Å². The Morgan fingerprint density at radius 3 is 2.70 bits per heavy atom. The molecule has 1 fully saturated rings. The number of carbonyl (C=O) groups is 2. The van der Waals surface area contributed by atoms with Crippen LogP contribution in [0.4, 0.5) is 0 Å². The second kappa shape index (κ2) is 13.6. The van der Waals surface area contributed by atoms with Crippen LogP contribution in [0.5, 0.6) is 0 Å². The Bertz CT molecular complexity index is 928. The first-order valence-electron chi connectivity index (χ1n) is 10.8. The van der Waals surface area contributed by atoms with Crippen molar-refractivity contribution in [2.45, 2.75) is 38.0 Å². The highest BCUT2D eigenvalue weighted by Crippen LogP contribution is 2.42. The molecule has 1 saturated carbocycles. The normalized spacial score (nSPS) is 17.9. The van der Waals surface area contributed by atoms with E-state index in [1.807, 2.05) is 36.2 Å². The Hall–Kier alpha value is -2.03. The second-order valence-electron chi connectivity index (χ2n) is 7.72. The van der Waals surface area contributed by atoms with Gasteiger partial charge in [-0.1, -0.05) is 36.2 Å². The number of aromatic nitrogens is 1. The lowest BCUT2D eigenvalue weighted by Gasteiger charge is -2.43. The Balaban J connectivity index is 0.00000187. The molecule has 0 bridgehead atoms. The zero-order chi connectivity index (χ0) is 24.3. The van der Waals surface area contributed by atoms with Crippen LogP contribution in [0.15, 0.2) is 48.8 Å². The molecule has 1 amide bonds. The molecule has 180 valence electrons. The topological polar surface area (TPSA) is 82.8 Å². The predicted octanol–water partition coefficient (Wildman–Crippen LogP) is 3.11. The number of nitrogens with zero attached hydrogens (tertiary/aromatic N) is 2. The predicted molar refractivity (Wildman–Crippen MR) is 128 cm³/mol. The van der Waals surface area contributed by atoms with Gasteiger partial charge in [0.25, 0.3) is 12.6 Å². The molecular weight excluding hydrogens is 465 g/mol. The van der Waals surface area contributed by atoms with Crippen LogP contribution in [0.25, 0.3) is 0 Å². The minimum Gasteiger partial charge on any atom is -0.395 e. The average Bonchev–Trinajstić information content (AvgIpc) is 2.85. The number of amides is 1. The van der Waals surface area contributed by atoms with E-state index in [1.54, 1.807) is 29.1 Å². The lowest BCUT2D eigenvalue weighted by Crippen LogP contribution is -2.53. The van der Waals surface area contributed by atoms with Gasteiger partial charge in [0.1, 0.15) is 17.8 Å². The number of aliphatic hydroxyl groups is 1. The molecule has 1 aliphatic rings. The van der Waals surface area contributed by atoms with Gasteiger partial charge in [-0.2, -0.15) is 4.57 Å². The average molecular weight is 497 g/mol. The molecule has 1 unspecified atom stereocenters. The van der Waals surface area contributed by atoms with E-state index in [2.05, 4.69) is 16.9 Å². The van der Waals surface area contributed by atoms with Crippen molar-refractivity contribution in [1.82, 2.24) is 10.2 Å². The summed E-state index contributed by atoms with van der Waals surface area (Å²) in [6, 6.07) is 11.0. The fourth-order valence-corrected chi connectivity index (χ4v) is 4.40. The van der Waals surface area contributed by atoms with E-state index in [1.165, 1.54) is 6.38 Å². The molecule has 1 aromatic carbocycles. The summed E-state index contributed by atoms with van der Waals surface area (Å²) in [5.41, 5.74) is 0.499. The molecule has 0 saturated heterocycles. The maximum atomic E-state index is 13.1. The van der Waals surface area contributed by atoms with E-state index >= 15 is 0 Å². The standard InChI is InChI=1S/C23H28ClN3O4.CH3Cl/c1-26(16-31-17-27-13-6-7-18(15-27)22(30)25-12-14-28)23(11-5-4-10-21(23)29)19-8-2-3-9-20(19)24;1-2/h2-3,6-9,13,15,28H,4-5,10-12,14,16-17H2,1H3;1H3/p+1. The summed E-state index contributed by atoms with van der Waals surface area (Å²) in [7, 11) is 1.88. The van der Waals surface area contributed by atoms with Crippen LogP contribution in [0.1, 0.15) is 41.6 Å². The van der Waals surface area contributed by atoms with Crippen LogP contribution in [0.2, 0.25) is 5.02 Å². The highest BCUT2D eigenvalue weighted by atomic mass is 35.5. The number of pyridine rings is 1. The minimum absolute atomic E-state index is 0.111. The van der Waals surface area contributed by atoms with Gasteiger partial charge in [-0.25, -0.2) is 0 Å². The van der Waals surface area contributed by atoms with Gasteiger partial charge in [-0.3, -0.25) is 14.5 Å². The summed E-state index contributed by atoms with van der Waals surface area (Å²) in [6.07, 6.45) is 8.01. The minimum atomic E-state index is -0.798. The molecule has 33 heavy (non-hydrogen) atoms. The van der Waals surface area contributed by atoms with E-state index < -0.39 is 5.54 Å². The quantitative estimate of drug-likeness (QED) is 0.316. The van der Waals surface area contributed by atoms with Gasteiger partial charge in [0.05, 0.1) is 6.61 Å². The number of Topliss-reactive ketones (excluding diaryl/α,β-unsaturated/α-hetero) is 1. The van der Waals surface area contributed by atoms with Crippen LogP contribution >= 0.6 is 23.2 Å². The summed E-state index contributed by atoms with van der Waals surface area (Å²) >= 11 is 11.1. The fourth-order valence-electron chi connectivity index (χ4n) is 4.10. The number of aliphatic hydroxyl groups excluding tert-OH is 1. The van der Waals surface area contributed by atoms with Crippen molar-refractivity contribution in [2.75, 3.05) is 33.3 Å². The van der Waals surface area contributed by atoms with Crippen molar-refractivity contribution in [3.8, 4) is 0 Å². The molecule has 3 rings (SSSR count). The number of hydrogen-bond acceptors (Lipinski definition) is 5. The Morgan fingerprint density at radius 2 is 2.00 bits per heavy atom. The molecule has 1 atom stereocenters. The number of nitrogens with one attached hydrogen (secondary N) is 1. The number of alkyl halides is 1. The maximum Gasteiger partial charge on any atom is 0.257 e. The molecule has 7 nitrogen and oxygen atoms in total. The van der Waals surface area contributed by atoms with Crippen molar-refractivity contribution in [2.24, 2.45) is 0 Å². The zero-order valence-electron chi connectivity index (χ0n) is 19.1. The number of likely N-dealkylation sites (N-methyl/N-ethyl adjacent to an activating group) is 1. The van der Waals surface area contributed by atoms with Gasteiger partial charge >= 0.3 is 0 Å². The third-order valence-electron chi connectivity index (χ3n) is 5.67. The smallest absolute Gasteiger partial charge is 0.257 e. The molecule has 1 heterocycles. The number of benzene rings is 1. The summed E-state index contributed by atoms with van der Waals surface area (Å²) in [5, 5.41) is 12.1. The van der Waals surface area contributed by atoms with Crippen LogP contribution in [-0.2, 0) is 21.8 Å². The highest BCUT2D eigenvalue weighted by molar-refractivity contribution is 6.31. The van der Waals surface area contributed by atoms with E-state index in [4.69, 9.17) is 21.4 Å². The van der Waals surface area contributed by atoms with Crippen molar-refractivity contribution < 1.29 is 24.0 Å². The maximum absolute atomic E-state index is 13.1. The summed E-state index contributed by atoms with van der Waals surface area (Å²) in [5.74, 6) is -0.0980. The SMILES string of the molecule is CCl.CN(COC[n+]1cccc(C(=O)NCCO)c1)C1(c2ccccc2Cl)CCCCC1=O. The van der Waals surface area contributed by atoms with Crippen LogP contribution in [0.3, 0.4) is 0 Å². The third-order valence-corrected chi connectivity index (χ3v) is 6.00. The lowest BCUT2D eigenvalue weighted by molar-refractivity contribution is -0.733. The first-order chi connectivity index (χ1) is 16.0. The van der Waals surface area contributed by atoms with Gasteiger partial charge in [0.15, 0.2) is 18.2 Å². The number of carbonyl (C=O) groups excluding carboxylic acids is 2. The Labute approximate surface area is 205 Å². The first-order valence-corrected chi connectivity index (χ1v) is 12.0. The Kier molecular flexibility index (Phi) is 11.2. The molecule has 1 aromatic heterocycles. The molecule has 0 aliphatic heterocycles. The molecule has 2 N–H and O–H groups in total. The molecule has 9 heteroatoms. The lowest BCUT2D eigenvalue weighted by atomic mass is 9.74. The van der Waals surface area contributed by atoms with E-state index in [9.17, 15) is 9.59 Å². The number of ether oxygens (including phenoxy) is 1.